The molecule has 0 bridgehead atoms. The summed E-state index contributed by atoms with van der Waals surface area (Å²) < 4.78 is 28.5. The van der Waals surface area contributed by atoms with Crippen LogP contribution in [0.1, 0.15) is 29.8 Å². The number of anilines is 1. The summed E-state index contributed by atoms with van der Waals surface area (Å²) in [6.45, 7) is 4.18. The highest BCUT2D eigenvalue weighted by Crippen LogP contribution is 2.19. The average molecular weight is 413 g/mol. The fraction of sp³-hybridized carbons (Fsp3) is 0.238. The summed E-state index contributed by atoms with van der Waals surface area (Å²) in [6.07, 6.45) is 3.58. The van der Waals surface area contributed by atoms with Crippen molar-refractivity contribution in [3.8, 4) is 0 Å². The number of carbonyl (C=O) groups excluding carboxylic acids is 1. The molecule has 1 heterocycles. The van der Waals surface area contributed by atoms with E-state index < -0.39 is 10.0 Å². The van der Waals surface area contributed by atoms with Gasteiger partial charge in [-0.25, -0.2) is 8.42 Å². The van der Waals surface area contributed by atoms with Gasteiger partial charge in [0.2, 0.25) is 10.0 Å². The Morgan fingerprint density at radius 1 is 1.14 bits per heavy atom. The molecular formula is C21H24N4O3S. The van der Waals surface area contributed by atoms with E-state index in [2.05, 4.69) is 10.4 Å². The molecule has 0 aliphatic carbocycles. The molecule has 1 N–H and O–H groups in total. The first-order chi connectivity index (χ1) is 13.8. The normalized spacial score (nSPS) is 11.8. The number of nitrogens with one attached hydrogen (secondary N) is 1. The van der Waals surface area contributed by atoms with Gasteiger partial charge in [-0.2, -0.15) is 9.40 Å². The van der Waals surface area contributed by atoms with Gasteiger partial charge in [0.05, 0.1) is 11.4 Å². The molecule has 3 aromatic rings. The van der Waals surface area contributed by atoms with E-state index in [1.54, 1.807) is 42.9 Å². The lowest BCUT2D eigenvalue weighted by atomic mass is 10.1. The molecule has 0 aliphatic rings. The molecule has 29 heavy (non-hydrogen) atoms. The third-order valence-corrected chi connectivity index (χ3v) is 6.62. The zero-order valence-electron chi connectivity index (χ0n) is 16.6. The number of aromatic nitrogens is 2. The van der Waals surface area contributed by atoms with E-state index in [0.29, 0.717) is 12.2 Å². The molecule has 0 radical (unpaired) electrons. The van der Waals surface area contributed by atoms with Crippen molar-refractivity contribution in [2.45, 2.75) is 31.3 Å². The van der Waals surface area contributed by atoms with Crippen molar-refractivity contribution in [3.63, 3.8) is 0 Å². The van der Waals surface area contributed by atoms with E-state index in [1.165, 1.54) is 23.5 Å². The van der Waals surface area contributed by atoms with E-state index in [1.807, 2.05) is 30.5 Å². The Kier molecular flexibility index (Phi) is 6.14. The Morgan fingerprint density at radius 2 is 1.90 bits per heavy atom. The maximum absolute atomic E-state index is 12.7. The van der Waals surface area contributed by atoms with Gasteiger partial charge in [-0.05, 0) is 55.8 Å². The van der Waals surface area contributed by atoms with Crippen LogP contribution in [0.4, 0.5) is 5.69 Å². The smallest absolute Gasteiger partial charge is 0.255 e. The van der Waals surface area contributed by atoms with E-state index in [9.17, 15) is 13.2 Å². The SMILES string of the molecule is CC(C)N(C)S(=O)(=O)c1cccc(C(=O)Nc2cccc(Cn3cccn3)c2)c1. The minimum atomic E-state index is -3.66. The summed E-state index contributed by atoms with van der Waals surface area (Å²) in [4.78, 5) is 12.8. The van der Waals surface area contributed by atoms with Crippen LogP contribution in [-0.4, -0.2) is 41.5 Å². The molecule has 0 spiro atoms. The molecule has 3 rings (SSSR count). The molecule has 0 aliphatic heterocycles. The van der Waals surface area contributed by atoms with Crippen LogP contribution in [0.3, 0.4) is 0 Å². The zero-order chi connectivity index (χ0) is 21.0. The van der Waals surface area contributed by atoms with Gasteiger partial charge >= 0.3 is 0 Å². The minimum Gasteiger partial charge on any atom is -0.322 e. The first-order valence-electron chi connectivity index (χ1n) is 9.23. The molecular weight excluding hydrogens is 388 g/mol. The number of carbonyl (C=O) groups is 1. The van der Waals surface area contributed by atoms with Crippen LogP contribution in [-0.2, 0) is 16.6 Å². The van der Waals surface area contributed by atoms with Gasteiger partial charge in [0.1, 0.15) is 0 Å². The highest BCUT2D eigenvalue weighted by atomic mass is 32.2. The van der Waals surface area contributed by atoms with Crippen LogP contribution in [0, 0.1) is 0 Å². The first-order valence-corrected chi connectivity index (χ1v) is 10.7. The van der Waals surface area contributed by atoms with Crippen molar-refractivity contribution in [3.05, 3.63) is 78.1 Å². The number of sulfonamides is 1. The summed E-state index contributed by atoms with van der Waals surface area (Å²) in [5.74, 6) is -0.370. The highest BCUT2D eigenvalue weighted by molar-refractivity contribution is 7.89. The number of hydrogen-bond donors (Lipinski definition) is 1. The Labute approximate surface area is 171 Å². The fourth-order valence-electron chi connectivity index (χ4n) is 2.77. The molecule has 1 amide bonds. The second-order valence-corrected chi connectivity index (χ2v) is 9.00. The van der Waals surface area contributed by atoms with E-state index in [4.69, 9.17) is 0 Å². The van der Waals surface area contributed by atoms with Crippen molar-refractivity contribution >= 4 is 21.6 Å². The quantitative estimate of drug-likeness (QED) is 0.646. The first kappa shape index (κ1) is 20.8. The summed E-state index contributed by atoms with van der Waals surface area (Å²) in [5, 5.41) is 7.01. The van der Waals surface area contributed by atoms with E-state index in [0.717, 1.165) is 5.56 Å². The standard InChI is InChI=1S/C21H24N4O3S/c1-16(2)24(3)29(27,28)20-10-5-8-18(14-20)21(26)23-19-9-4-7-17(13-19)15-25-12-6-11-22-25/h4-14,16H,15H2,1-3H3,(H,23,26). The molecule has 7 nitrogen and oxygen atoms in total. The summed E-state index contributed by atoms with van der Waals surface area (Å²) >= 11 is 0. The van der Waals surface area contributed by atoms with Crippen LogP contribution in [0.25, 0.3) is 0 Å². The fourth-order valence-corrected chi connectivity index (χ4v) is 4.19. The van der Waals surface area contributed by atoms with Crippen LogP contribution < -0.4 is 5.32 Å². The van der Waals surface area contributed by atoms with Crippen molar-refractivity contribution < 1.29 is 13.2 Å². The predicted molar refractivity (Wildman–Crippen MR) is 112 cm³/mol. The summed E-state index contributed by atoms with van der Waals surface area (Å²) in [6, 6.07) is 15.2. The second kappa shape index (κ2) is 8.59. The third-order valence-electron chi connectivity index (χ3n) is 4.59. The Hall–Kier alpha value is -2.97. The Balaban J connectivity index is 1.78. The number of amides is 1. The van der Waals surface area contributed by atoms with Crippen molar-refractivity contribution in [1.29, 1.82) is 0 Å². The van der Waals surface area contributed by atoms with Crippen LogP contribution in [0.2, 0.25) is 0 Å². The monoisotopic (exact) mass is 412 g/mol. The predicted octanol–water partition coefficient (Wildman–Crippen LogP) is 3.21. The molecule has 0 saturated carbocycles. The van der Waals surface area contributed by atoms with Crippen molar-refractivity contribution in [2.75, 3.05) is 12.4 Å². The molecule has 2 aromatic carbocycles. The summed E-state index contributed by atoms with van der Waals surface area (Å²) in [5.41, 5.74) is 1.90. The largest absolute Gasteiger partial charge is 0.322 e. The van der Waals surface area contributed by atoms with Gasteiger partial charge in [-0.1, -0.05) is 18.2 Å². The second-order valence-electron chi connectivity index (χ2n) is 7.00. The van der Waals surface area contributed by atoms with E-state index in [-0.39, 0.29) is 22.4 Å². The van der Waals surface area contributed by atoms with Gasteiger partial charge in [0.15, 0.2) is 0 Å². The molecule has 1 aromatic heterocycles. The zero-order valence-corrected chi connectivity index (χ0v) is 17.4. The van der Waals surface area contributed by atoms with Gasteiger partial charge < -0.3 is 5.32 Å². The van der Waals surface area contributed by atoms with Gasteiger partial charge in [0.25, 0.3) is 5.91 Å². The molecule has 8 heteroatoms. The van der Waals surface area contributed by atoms with Gasteiger partial charge in [-0.15, -0.1) is 0 Å². The minimum absolute atomic E-state index is 0.0915. The lowest BCUT2D eigenvalue weighted by molar-refractivity contribution is 0.102. The summed E-state index contributed by atoms with van der Waals surface area (Å²) in [7, 11) is -2.13. The highest BCUT2D eigenvalue weighted by Gasteiger charge is 2.23. The Bertz CT molecular complexity index is 1090. The van der Waals surface area contributed by atoms with Gasteiger partial charge in [0, 0.05) is 36.7 Å². The topological polar surface area (TPSA) is 84.3 Å². The lowest BCUT2D eigenvalue weighted by Gasteiger charge is -2.21. The molecule has 0 unspecified atom stereocenters. The molecule has 0 saturated heterocycles. The van der Waals surface area contributed by atoms with Crippen LogP contribution >= 0.6 is 0 Å². The average Bonchev–Trinajstić information content (AvgIpc) is 3.20. The lowest BCUT2D eigenvalue weighted by Crippen LogP contribution is -2.33. The maximum Gasteiger partial charge on any atom is 0.255 e. The van der Waals surface area contributed by atoms with Crippen LogP contribution in [0.15, 0.2) is 71.9 Å². The number of benzene rings is 2. The van der Waals surface area contributed by atoms with Crippen LogP contribution in [0.5, 0.6) is 0 Å². The number of rotatable bonds is 7. The van der Waals surface area contributed by atoms with Crippen molar-refractivity contribution in [2.24, 2.45) is 0 Å². The van der Waals surface area contributed by atoms with Crippen molar-refractivity contribution in [1.82, 2.24) is 14.1 Å². The molecule has 0 fully saturated rings. The number of hydrogen-bond acceptors (Lipinski definition) is 4. The number of nitrogens with zero attached hydrogens (tertiary/aromatic N) is 3. The molecule has 152 valence electrons. The third kappa shape index (κ3) is 4.90. The Morgan fingerprint density at radius 3 is 2.59 bits per heavy atom. The van der Waals surface area contributed by atoms with E-state index >= 15 is 0 Å². The molecule has 0 atom stereocenters. The van der Waals surface area contributed by atoms with Gasteiger partial charge in [-0.3, -0.25) is 9.48 Å². The maximum atomic E-state index is 12.7.